The third-order valence-corrected chi connectivity index (χ3v) is 5.14. The molecule has 0 radical (unpaired) electrons. The smallest absolute Gasteiger partial charge is 0.240 e. The van der Waals surface area contributed by atoms with Gasteiger partial charge < -0.3 is 10.6 Å². The third kappa shape index (κ3) is 3.16. The number of fused-ring (bicyclic) bond motifs is 1. The van der Waals surface area contributed by atoms with E-state index in [1.807, 2.05) is 62.4 Å². The van der Waals surface area contributed by atoms with E-state index in [1.54, 1.807) is 6.20 Å². The van der Waals surface area contributed by atoms with Crippen LogP contribution in [0.4, 0.5) is 11.4 Å². The van der Waals surface area contributed by atoms with Crippen molar-refractivity contribution in [2.24, 2.45) is 5.41 Å². The highest BCUT2D eigenvalue weighted by Crippen LogP contribution is 2.48. The van der Waals surface area contributed by atoms with E-state index in [0.717, 1.165) is 27.7 Å². The Morgan fingerprint density at radius 2 is 1.63 bits per heavy atom. The summed E-state index contributed by atoms with van der Waals surface area (Å²) in [6.07, 6.45) is 2.79. The van der Waals surface area contributed by atoms with Gasteiger partial charge in [-0.25, -0.2) is 0 Å². The number of hydrogen-bond acceptors (Lipinski definition) is 3. The Morgan fingerprint density at radius 3 is 2.37 bits per heavy atom. The molecule has 136 valence electrons. The first-order valence-electron chi connectivity index (χ1n) is 9.03. The number of aryl methyl sites for hydroxylation is 2. The standard InChI is InChI=1S/C22H21N3O2/c1-14-8-9-15(2)18(13-14)25-21(27)22(10-11-22)20(26)24-17-7-3-5-16-6-4-12-23-19(16)17/h3-9,12-13H,10-11H2,1-2H3,(H,24,26)(H,25,27). The summed E-state index contributed by atoms with van der Waals surface area (Å²) in [7, 11) is 0. The van der Waals surface area contributed by atoms with Crippen LogP contribution >= 0.6 is 0 Å². The lowest BCUT2D eigenvalue weighted by molar-refractivity contribution is -0.131. The molecule has 4 rings (SSSR count). The Labute approximate surface area is 157 Å². The fourth-order valence-electron chi connectivity index (χ4n) is 3.24. The number of rotatable bonds is 4. The van der Waals surface area contributed by atoms with Gasteiger partial charge in [0.05, 0.1) is 11.2 Å². The summed E-state index contributed by atoms with van der Waals surface area (Å²) in [5.74, 6) is -0.523. The molecule has 0 bridgehead atoms. The highest BCUT2D eigenvalue weighted by molar-refractivity contribution is 6.18. The zero-order chi connectivity index (χ0) is 19.0. The molecule has 0 saturated heterocycles. The van der Waals surface area contributed by atoms with E-state index < -0.39 is 5.41 Å². The summed E-state index contributed by atoms with van der Waals surface area (Å²) in [4.78, 5) is 30.1. The Hall–Kier alpha value is -3.21. The zero-order valence-corrected chi connectivity index (χ0v) is 15.4. The Morgan fingerprint density at radius 1 is 0.926 bits per heavy atom. The van der Waals surface area contributed by atoms with Crippen molar-refractivity contribution in [3.63, 3.8) is 0 Å². The van der Waals surface area contributed by atoms with Crippen molar-refractivity contribution in [1.29, 1.82) is 0 Å². The second kappa shape index (κ2) is 6.50. The average molecular weight is 359 g/mol. The molecule has 1 saturated carbocycles. The van der Waals surface area contributed by atoms with Gasteiger partial charge in [0.2, 0.25) is 11.8 Å². The normalized spacial score (nSPS) is 14.6. The van der Waals surface area contributed by atoms with E-state index in [1.165, 1.54) is 0 Å². The highest BCUT2D eigenvalue weighted by Gasteiger charge is 2.56. The molecule has 2 N–H and O–H groups in total. The number of nitrogens with one attached hydrogen (secondary N) is 2. The highest BCUT2D eigenvalue weighted by atomic mass is 16.2. The molecule has 0 aliphatic heterocycles. The van der Waals surface area contributed by atoms with E-state index in [9.17, 15) is 9.59 Å². The van der Waals surface area contributed by atoms with Gasteiger partial charge in [0.15, 0.2) is 0 Å². The lowest BCUT2D eigenvalue weighted by Gasteiger charge is -2.17. The topological polar surface area (TPSA) is 71.1 Å². The monoisotopic (exact) mass is 359 g/mol. The molecule has 3 aromatic rings. The van der Waals surface area contributed by atoms with Gasteiger partial charge in [-0.15, -0.1) is 0 Å². The van der Waals surface area contributed by atoms with Gasteiger partial charge in [0.25, 0.3) is 0 Å². The SMILES string of the molecule is Cc1ccc(C)c(NC(=O)C2(C(=O)Nc3cccc4cccnc34)CC2)c1. The van der Waals surface area contributed by atoms with Gasteiger partial charge in [-0.1, -0.05) is 30.3 Å². The van der Waals surface area contributed by atoms with E-state index in [2.05, 4.69) is 15.6 Å². The molecule has 2 aromatic carbocycles. The second-order valence-electron chi connectivity index (χ2n) is 7.19. The number of para-hydroxylation sites is 1. The van der Waals surface area contributed by atoms with Crippen LogP contribution in [0.2, 0.25) is 0 Å². The van der Waals surface area contributed by atoms with Crippen LogP contribution in [-0.4, -0.2) is 16.8 Å². The van der Waals surface area contributed by atoms with Crippen LogP contribution in [-0.2, 0) is 9.59 Å². The molecule has 5 heteroatoms. The fraction of sp³-hybridized carbons (Fsp3) is 0.227. The van der Waals surface area contributed by atoms with E-state index in [0.29, 0.717) is 18.5 Å². The van der Waals surface area contributed by atoms with E-state index in [-0.39, 0.29) is 11.8 Å². The zero-order valence-electron chi connectivity index (χ0n) is 15.4. The number of anilines is 2. The van der Waals surface area contributed by atoms with E-state index in [4.69, 9.17) is 0 Å². The molecular weight excluding hydrogens is 338 g/mol. The van der Waals surface area contributed by atoms with Crippen LogP contribution in [0.25, 0.3) is 10.9 Å². The van der Waals surface area contributed by atoms with Crippen molar-refractivity contribution in [3.8, 4) is 0 Å². The predicted molar refractivity (Wildman–Crippen MR) is 107 cm³/mol. The van der Waals surface area contributed by atoms with Crippen molar-refractivity contribution in [3.05, 3.63) is 65.9 Å². The fourth-order valence-corrected chi connectivity index (χ4v) is 3.24. The molecule has 1 aliphatic carbocycles. The maximum atomic E-state index is 12.9. The summed E-state index contributed by atoms with van der Waals surface area (Å²) < 4.78 is 0. The minimum Gasteiger partial charge on any atom is -0.325 e. The van der Waals surface area contributed by atoms with Crippen molar-refractivity contribution in [2.75, 3.05) is 10.6 Å². The molecule has 0 unspecified atom stereocenters. The van der Waals surface area contributed by atoms with Crippen molar-refractivity contribution in [1.82, 2.24) is 4.98 Å². The number of carbonyl (C=O) groups is 2. The molecule has 5 nitrogen and oxygen atoms in total. The van der Waals surface area contributed by atoms with Gasteiger partial charge in [0.1, 0.15) is 5.41 Å². The minimum atomic E-state index is -1.01. The number of aromatic nitrogens is 1. The number of nitrogens with zero attached hydrogens (tertiary/aromatic N) is 1. The number of amides is 2. The summed E-state index contributed by atoms with van der Waals surface area (Å²) in [6.45, 7) is 3.92. The van der Waals surface area contributed by atoms with Gasteiger partial charge in [-0.3, -0.25) is 14.6 Å². The summed E-state index contributed by atoms with van der Waals surface area (Å²) in [5, 5.41) is 6.80. The van der Waals surface area contributed by atoms with Crippen LogP contribution in [0.15, 0.2) is 54.7 Å². The van der Waals surface area contributed by atoms with Crippen LogP contribution in [0, 0.1) is 19.3 Å². The summed E-state index contributed by atoms with van der Waals surface area (Å²) >= 11 is 0. The summed E-state index contributed by atoms with van der Waals surface area (Å²) in [5.41, 5.74) is 3.14. The number of benzene rings is 2. The number of pyridine rings is 1. The predicted octanol–water partition coefficient (Wildman–Crippen LogP) is 4.21. The number of hydrogen-bond donors (Lipinski definition) is 2. The van der Waals surface area contributed by atoms with Crippen LogP contribution in [0.1, 0.15) is 24.0 Å². The minimum absolute atomic E-state index is 0.248. The van der Waals surface area contributed by atoms with Crippen LogP contribution in [0.5, 0.6) is 0 Å². The molecule has 1 fully saturated rings. The first-order valence-corrected chi connectivity index (χ1v) is 9.03. The van der Waals surface area contributed by atoms with Gasteiger partial charge in [0, 0.05) is 17.3 Å². The Bertz CT molecular complexity index is 1050. The molecule has 0 atom stereocenters. The maximum absolute atomic E-state index is 12.9. The van der Waals surface area contributed by atoms with Gasteiger partial charge >= 0.3 is 0 Å². The quantitative estimate of drug-likeness (QED) is 0.686. The Balaban J connectivity index is 1.56. The maximum Gasteiger partial charge on any atom is 0.240 e. The Kier molecular flexibility index (Phi) is 4.15. The lowest BCUT2D eigenvalue weighted by Crippen LogP contribution is -2.35. The van der Waals surface area contributed by atoms with Gasteiger partial charge in [-0.2, -0.15) is 0 Å². The molecule has 1 aromatic heterocycles. The number of carbonyl (C=O) groups excluding carboxylic acids is 2. The average Bonchev–Trinajstić information content (AvgIpc) is 3.47. The molecule has 1 aliphatic rings. The lowest BCUT2D eigenvalue weighted by atomic mass is 10.0. The van der Waals surface area contributed by atoms with Crippen LogP contribution in [0.3, 0.4) is 0 Å². The molecule has 2 amide bonds. The largest absolute Gasteiger partial charge is 0.325 e. The first-order chi connectivity index (χ1) is 13.0. The first kappa shape index (κ1) is 17.2. The molecule has 0 spiro atoms. The van der Waals surface area contributed by atoms with Gasteiger partial charge in [-0.05, 0) is 56.0 Å². The van der Waals surface area contributed by atoms with Crippen molar-refractivity contribution in [2.45, 2.75) is 26.7 Å². The van der Waals surface area contributed by atoms with Crippen molar-refractivity contribution >= 4 is 34.1 Å². The van der Waals surface area contributed by atoms with Crippen molar-refractivity contribution < 1.29 is 9.59 Å². The summed E-state index contributed by atoms with van der Waals surface area (Å²) in [6, 6.07) is 15.3. The molecule has 1 heterocycles. The van der Waals surface area contributed by atoms with Crippen LogP contribution < -0.4 is 10.6 Å². The molecular formula is C22H21N3O2. The van der Waals surface area contributed by atoms with E-state index >= 15 is 0 Å². The third-order valence-electron chi connectivity index (χ3n) is 5.14. The second-order valence-corrected chi connectivity index (χ2v) is 7.19. The molecule has 27 heavy (non-hydrogen) atoms.